The lowest BCUT2D eigenvalue weighted by Gasteiger charge is -2.09. The third-order valence-electron chi connectivity index (χ3n) is 5.72. The highest BCUT2D eigenvalue weighted by atomic mass is 16.7. The third kappa shape index (κ3) is 15.5. The molecule has 0 bridgehead atoms. The first-order valence-corrected chi connectivity index (χ1v) is 13.6. The van der Waals surface area contributed by atoms with E-state index in [-0.39, 0.29) is 24.2 Å². The number of hydroxylamine groups is 1. The van der Waals surface area contributed by atoms with Crippen LogP contribution in [-0.4, -0.2) is 30.6 Å². The van der Waals surface area contributed by atoms with E-state index in [1.165, 1.54) is 63.1 Å². The van der Waals surface area contributed by atoms with Crippen molar-refractivity contribution in [2.45, 2.75) is 104 Å². The van der Waals surface area contributed by atoms with Crippen LogP contribution in [0.3, 0.4) is 0 Å². The molecule has 0 aliphatic carbocycles. The maximum Gasteiger partial charge on any atom is 0.448 e. The summed E-state index contributed by atoms with van der Waals surface area (Å²) in [6.45, 7) is 4.02. The molecule has 1 rings (SSSR count). The molecule has 0 radical (unpaired) electrons. The second-order valence-electron chi connectivity index (χ2n) is 8.85. The van der Waals surface area contributed by atoms with Crippen molar-refractivity contribution in [3.63, 3.8) is 0 Å². The van der Waals surface area contributed by atoms with Gasteiger partial charge in [0.2, 0.25) is 0 Å². The summed E-state index contributed by atoms with van der Waals surface area (Å²) in [6, 6.07) is 5.87. The lowest BCUT2D eigenvalue weighted by molar-refractivity contribution is -0.138. The maximum absolute atomic E-state index is 12.2. The van der Waals surface area contributed by atoms with Gasteiger partial charge < -0.3 is 14.3 Å². The number of hydrogen-bond acceptors (Lipinski definition) is 7. The number of ether oxygens (including phenoxy) is 2. The Morgan fingerprint density at radius 2 is 1.27 bits per heavy atom. The fourth-order valence-corrected chi connectivity index (χ4v) is 3.71. The molecule has 0 heterocycles. The molecule has 0 fully saturated rings. The predicted molar refractivity (Wildman–Crippen MR) is 142 cm³/mol. The van der Waals surface area contributed by atoms with Crippen LogP contribution in [0.2, 0.25) is 0 Å². The van der Waals surface area contributed by atoms with Crippen molar-refractivity contribution in [3.05, 3.63) is 47.5 Å². The average Bonchev–Trinajstić information content (AvgIpc) is 2.89. The zero-order valence-electron chi connectivity index (χ0n) is 22.4. The third-order valence-corrected chi connectivity index (χ3v) is 5.72. The summed E-state index contributed by atoms with van der Waals surface area (Å²) in [7, 11) is 0. The van der Waals surface area contributed by atoms with Gasteiger partial charge in [-0.15, -0.1) is 5.48 Å². The van der Waals surface area contributed by atoms with Crippen molar-refractivity contribution >= 4 is 24.0 Å². The number of amides is 1. The van der Waals surface area contributed by atoms with Gasteiger partial charge in [0.05, 0.1) is 17.7 Å². The number of allylic oxidation sites excluding steroid dienone is 2. The quantitative estimate of drug-likeness (QED) is 0.0546. The largest absolute Gasteiger partial charge is 0.462 e. The Balaban J connectivity index is 2.10. The molecule has 0 spiro atoms. The van der Waals surface area contributed by atoms with Gasteiger partial charge in [-0.25, -0.2) is 14.4 Å². The minimum absolute atomic E-state index is 0.00443. The van der Waals surface area contributed by atoms with Crippen LogP contribution in [0.25, 0.3) is 0 Å². The van der Waals surface area contributed by atoms with Crippen LogP contribution < -0.4 is 5.48 Å². The average molecular weight is 518 g/mol. The molecule has 8 nitrogen and oxygen atoms in total. The number of carbonyl (C=O) groups is 4. The number of nitrogens with one attached hydrogen (secondary N) is 1. The van der Waals surface area contributed by atoms with Crippen LogP contribution in [-0.2, 0) is 19.1 Å². The first-order valence-electron chi connectivity index (χ1n) is 13.6. The van der Waals surface area contributed by atoms with E-state index in [2.05, 4.69) is 28.7 Å². The number of hydrogen-bond donors (Lipinski definition) is 1. The van der Waals surface area contributed by atoms with E-state index < -0.39 is 24.0 Å². The fourth-order valence-electron chi connectivity index (χ4n) is 3.71. The van der Waals surface area contributed by atoms with E-state index in [1.54, 1.807) is 18.5 Å². The standard InChI is InChI=1S/C29H43NO7/c1-3-5-6-7-8-9-10-11-12-13-14-15-16-17-18-23-26(31)36-29(34)30-37-28(33)25-22-20-19-21-24(25)27(32)35-4-2/h11-12,19-22H,3-10,13-18,23H2,1-2H3,(H,30,34). The zero-order chi connectivity index (χ0) is 27.1. The maximum atomic E-state index is 12.2. The van der Waals surface area contributed by atoms with Gasteiger partial charge in [-0.2, -0.15) is 0 Å². The topological polar surface area (TPSA) is 108 Å². The molecule has 8 heteroatoms. The van der Waals surface area contributed by atoms with Gasteiger partial charge in [0.25, 0.3) is 0 Å². The molecule has 1 N–H and O–H groups in total. The molecule has 0 aliphatic rings. The van der Waals surface area contributed by atoms with E-state index in [1.807, 2.05) is 0 Å². The lowest BCUT2D eigenvalue weighted by Crippen LogP contribution is -2.30. The lowest BCUT2D eigenvalue weighted by atomic mass is 10.1. The number of esters is 2. The Labute approximate surface area is 221 Å². The Bertz CT molecular complexity index is 850. The van der Waals surface area contributed by atoms with Crippen LogP contribution >= 0.6 is 0 Å². The van der Waals surface area contributed by atoms with Crippen molar-refractivity contribution in [2.75, 3.05) is 6.61 Å². The first-order chi connectivity index (χ1) is 18.0. The SMILES string of the molecule is CCCCCCCCC=CCCCCCCCC(=O)OC(=O)NOC(=O)c1ccccc1C(=O)OCC. The summed E-state index contributed by atoms with van der Waals surface area (Å²) in [5.41, 5.74) is 1.70. The first kappa shape index (κ1) is 31.9. The molecule has 0 unspecified atom stereocenters. The highest BCUT2D eigenvalue weighted by Gasteiger charge is 2.20. The smallest absolute Gasteiger partial charge is 0.448 e. The molecule has 0 saturated heterocycles. The summed E-state index contributed by atoms with van der Waals surface area (Å²) < 4.78 is 9.50. The molecule has 0 aliphatic heterocycles. The van der Waals surface area contributed by atoms with E-state index in [4.69, 9.17) is 4.74 Å². The Kier molecular flexibility index (Phi) is 18.1. The van der Waals surface area contributed by atoms with Gasteiger partial charge in [-0.3, -0.25) is 4.79 Å². The molecule has 1 aromatic carbocycles. The number of unbranched alkanes of at least 4 members (excludes halogenated alkanes) is 11. The minimum Gasteiger partial charge on any atom is -0.462 e. The highest BCUT2D eigenvalue weighted by molar-refractivity contribution is 6.03. The van der Waals surface area contributed by atoms with E-state index in [9.17, 15) is 19.2 Å². The molecule has 1 aromatic rings. The predicted octanol–water partition coefficient (Wildman–Crippen LogP) is 7.23. The van der Waals surface area contributed by atoms with Crippen molar-refractivity contribution < 1.29 is 33.5 Å². The second-order valence-corrected chi connectivity index (χ2v) is 8.85. The van der Waals surface area contributed by atoms with Gasteiger partial charge >= 0.3 is 24.0 Å². The molecular weight excluding hydrogens is 474 g/mol. The summed E-state index contributed by atoms with van der Waals surface area (Å²) in [6.07, 6.45) is 18.4. The van der Waals surface area contributed by atoms with E-state index >= 15 is 0 Å². The van der Waals surface area contributed by atoms with Gasteiger partial charge in [0.1, 0.15) is 0 Å². The Morgan fingerprint density at radius 1 is 0.730 bits per heavy atom. The fraction of sp³-hybridized carbons (Fsp3) is 0.586. The second kappa shape index (κ2) is 21.0. The van der Waals surface area contributed by atoms with Gasteiger partial charge in [0.15, 0.2) is 0 Å². The summed E-state index contributed by atoms with van der Waals surface area (Å²) in [5, 5.41) is 0. The Hall–Kier alpha value is -3.16. The summed E-state index contributed by atoms with van der Waals surface area (Å²) >= 11 is 0. The Morgan fingerprint density at radius 3 is 1.86 bits per heavy atom. The molecule has 0 aromatic heterocycles. The van der Waals surface area contributed by atoms with Crippen molar-refractivity contribution in [3.8, 4) is 0 Å². The summed E-state index contributed by atoms with van der Waals surface area (Å²) in [4.78, 5) is 52.4. The van der Waals surface area contributed by atoms with Gasteiger partial charge in [0, 0.05) is 6.42 Å². The number of rotatable bonds is 18. The molecule has 0 atom stereocenters. The zero-order valence-corrected chi connectivity index (χ0v) is 22.4. The van der Waals surface area contributed by atoms with Crippen molar-refractivity contribution in [2.24, 2.45) is 0 Å². The molecular formula is C29H43NO7. The van der Waals surface area contributed by atoms with Crippen LogP contribution in [0.1, 0.15) is 124 Å². The van der Waals surface area contributed by atoms with E-state index in [0.29, 0.717) is 6.42 Å². The molecule has 206 valence electrons. The number of carbonyl (C=O) groups excluding carboxylic acids is 4. The molecule has 1 amide bonds. The summed E-state index contributed by atoms with van der Waals surface area (Å²) in [5.74, 6) is -2.36. The van der Waals surface area contributed by atoms with Crippen molar-refractivity contribution in [1.29, 1.82) is 0 Å². The van der Waals surface area contributed by atoms with Crippen LogP contribution in [0.5, 0.6) is 0 Å². The van der Waals surface area contributed by atoms with Crippen LogP contribution in [0.4, 0.5) is 4.79 Å². The monoisotopic (exact) mass is 517 g/mol. The normalized spacial score (nSPS) is 10.8. The van der Waals surface area contributed by atoms with Crippen molar-refractivity contribution in [1.82, 2.24) is 5.48 Å². The van der Waals surface area contributed by atoms with Gasteiger partial charge in [-0.05, 0) is 51.2 Å². The minimum atomic E-state index is -1.19. The van der Waals surface area contributed by atoms with Crippen LogP contribution in [0, 0.1) is 0 Å². The van der Waals surface area contributed by atoms with Gasteiger partial charge in [-0.1, -0.05) is 82.6 Å². The van der Waals surface area contributed by atoms with E-state index in [0.717, 1.165) is 32.1 Å². The highest BCUT2D eigenvalue weighted by Crippen LogP contribution is 2.12. The van der Waals surface area contributed by atoms with Crippen LogP contribution in [0.15, 0.2) is 36.4 Å². The molecule has 37 heavy (non-hydrogen) atoms. The number of benzene rings is 1. The molecule has 0 saturated carbocycles.